The molecule has 0 amide bonds. The molecular formula is C40H58O12. The van der Waals surface area contributed by atoms with Crippen LogP contribution in [0.3, 0.4) is 0 Å². The standard InChI is InChI=1S/C40H58O12/c1-19-11-24-5-7-28-20(2)12-26(45-28)9-10-40-17-33-36(51-40)37-38(50-33)39(52-40)35-29(49-37)8-6-25(47-35)13-22(42)14-27-31(16-30(46-24)21(19)3)48-32(34(27)44-4)15-23(43)18-41/h19,23-39,41,43H,2-3,5-18H2,1,4H3/t19?,23?,24?,25?,26?,27-,28?,29?,30?,31?,32?,33?,34?,35?,36?,37?,38?,39?,40?/m0/s1. The number of aliphatic hydroxyl groups excluding tert-OH is 2. The number of carbonyl (C=O) groups excluding carboxylic acids is 1. The lowest BCUT2D eigenvalue weighted by atomic mass is 9.81. The van der Waals surface area contributed by atoms with E-state index in [4.69, 9.17) is 42.6 Å². The SMILES string of the molecule is C=C1CC2CCC34CC5OC6C(OC7CCC(CC(=O)C[C@H]8C(CC9OC(CCC1O2)CC(C)C9=C)OC(CC(O)CO)C8OC)OC7C6O3)C5O4. The van der Waals surface area contributed by atoms with Crippen LogP contribution in [0, 0.1) is 11.8 Å². The number of methoxy groups -OCH3 is 1. The van der Waals surface area contributed by atoms with Crippen molar-refractivity contribution in [2.45, 2.75) is 194 Å². The van der Waals surface area contributed by atoms with Gasteiger partial charge in [-0.25, -0.2) is 0 Å². The fourth-order valence-electron chi connectivity index (χ4n) is 11.3. The second-order valence-electron chi connectivity index (χ2n) is 17.4. The molecule has 19 atom stereocenters. The Morgan fingerprint density at radius 3 is 2.37 bits per heavy atom. The molecule has 10 rings (SSSR count). The molecule has 52 heavy (non-hydrogen) atoms. The zero-order valence-electron chi connectivity index (χ0n) is 30.7. The average molecular weight is 731 g/mol. The van der Waals surface area contributed by atoms with Gasteiger partial charge in [0.2, 0.25) is 0 Å². The van der Waals surface area contributed by atoms with Gasteiger partial charge in [-0.2, -0.15) is 0 Å². The Bertz CT molecular complexity index is 1370. The zero-order chi connectivity index (χ0) is 35.9. The van der Waals surface area contributed by atoms with E-state index in [9.17, 15) is 15.0 Å². The van der Waals surface area contributed by atoms with Gasteiger partial charge in [0.15, 0.2) is 5.79 Å². The van der Waals surface area contributed by atoms with Crippen molar-refractivity contribution in [2.75, 3.05) is 13.7 Å². The van der Waals surface area contributed by atoms with Gasteiger partial charge in [0.25, 0.3) is 0 Å². The first-order valence-electron chi connectivity index (χ1n) is 20.1. The van der Waals surface area contributed by atoms with E-state index in [1.165, 1.54) is 0 Å². The molecule has 0 radical (unpaired) electrons. The van der Waals surface area contributed by atoms with Crippen molar-refractivity contribution < 1.29 is 57.6 Å². The summed E-state index contributed by atoms with van der Waals surface area (Å²) in [6.45, 7) is 10.7. The van der Waals surface area contributed by atoms with E-state index >= 15 is 0 Å². The second-order valence-corrected chi connectivity index (χ2v) is 17.4. The van der Waals surface area contributed by atoms with Gasteiger partial charge in [-0.1, -0.05) is 20.1 Å². The van der Waals surface area contributed by atoms with Crippen LogP contribution in [-0.4, -0.2) is 133 Å². The summed E-state index contributed by atoms with van der Waals surface area (Å²) in [6.07, 6.45) is 4.01. The fraction of sp³-hybridized carbons (Fsp3) is 0.875. The van der Waals surface area contributed by atoms with Crippen molar-refractivity contribution in [1.82, 2.24) is 0 Å². The Morgan fingerprint density at radius 1 is 0.788 bits per heavy atom. The number of ether oxygens (including phenoxy) is 9. The number of ketones is 1. The monoisotopic (exact) mass is 730 g/mol. The quantitative estimate of drug-likeness (QED) is 0.410. The maximum absolute atomic E-state index is 14.0. The lowest BCUT2D eigenvalue weighted by molar-refractivity contribution is -0.292. The summed E-state index contributed by atoms with van der Waals surface area (Å²) in [7, 11) is 1.63. The van der Waals surface area contributed by atoms with Crippen LogP contribution in [0.25, 0.3) is 0 Å². The van der Waals surface area contributed by atoms with Gasteiger partial charge in [-0.3, -0.25) is 4.79 Å². The first-order valence-corrected chi connectivity index (χ1v) is 20.1. The topological polar surface area (TPSA) is 141 Å². The van der Waals surface area contributed by atoms with Crippen molar-refractivity contribution in [3.63, 3.8) is 0 Å². The van der Waals surface area contributed by atoms with E-state index in [1.54, 1.807) is 7.11 Å². The average Bonchev–Trinajstić information content (AvgIpc) is 3.79. The van der Waals surface area contributed by atoms with Crippen molar-refractivity contribution in [3.05, 3.63) is 24.3 Å². The summed E-state index contributed by atoms with van der Waals surface area (Å²) < 4.78 is 59.8. The van der Waals surface area contributed by atoms with Crippen molar-refractivity contribution >= 4 is 5.78 Å². The molecule has 18 unspecified atom stereocenters. The van der Waals surface area contributed by atoms with Gasteiger partial charge >= 0.3 is 0 Å². The lowest BCUT2D eigenvalue weighted by Gasteiger charge is -2.47. The molecular weight excluding hydrogens is 672 g/mol. The third-order valence-corrected chi connectivity index (χ3v) is 13.9. The molecule has 1 spiro atoms. The van der Waals surface area contributed by atoms with Crippen molar-refractivity contribution in [2.24, 2.45) is 11.8 Å². The number of Topliss-reactive ketones (excluding diaryl/α,β-unsaturated/α-hetero) is 1. The summed E-state index contributed by atoms with van der Waals surface area (Å²) in [5.74, 6) is -0.709. The highest BCUT2D eigenvalue weighted by atomic mass is 16.8. The van der Waals surface area contributed by atoms with Gasteiger partial charge < -0.3 is 52.8 Å². The Balaban J connectivity index is 0.994. The second kappa shape index (κ2) is 14.3. The molecule has 10 heterocycles. The third-order valence-electron chi connectivity index (χ3n) is 13.9. The Hall–Kier alpha value is -1.29. The lowest BCUT2D eigenvalue weighted by Crippen LogP contribution is -2.61. The predicted molar refractivity (Wildman–Crippen MR) is 184 cm³/mol. The number of aliphatic hydroxyl groups is 2. The van der Waals surface area contributed by atoms with E-state index in [0.29, 0.717) is 25.7 Å². The maximum atomic E-state index is 14.0. The highest BCUT2D eigenvalue weighted by Crippen LogP contribution is 2.54. The molecule has 12 nitrogen and oxygen atoms in total. The van der Waals surface area contributed by atoms with Gasteiger partial charge in [-0.15, -0.1) is 0 Å². The summed E-state index contributed by atoms with van der Waals surface area (Å²) in [4.78, 5) is 14.0. The first kappa shape index (κ1) is 36.4. The number of carbonyl (C=O) groups is 1. The normalized spacial score (nSPS) is 52.4. The molecule has 12 heteroatoms. The molecule has 0 saturated carbocycles. The molecule has 0 aliphatic carbocycles. The largest absolute Gasteiger partial charge is 0.394 e. The Morgan fingerprint density at radius 2 is 1.54 bits per heavy atom. The number of hydrogen-bond donors (Lipinski definition) is 2. The van der Waals surface area contributed by atoms with E-state index in [1.807, 2.05) is 0 Å². The maximum Gasteiger partial charge on any atom is 0.172 e. The molecule has 290 valence electrons. The van der Waals surface area contributed by atoms with Crippen LogP contribution in [0.2, 0.25) is 0 Å². The van der Waals surface area contributed by atoms with Crippen molar-refractivity contribution in [1.29, 1.82) is 0 Å². The molecule has 2 N–H and O–H groups in total. The van der Waals surface area contributed by atoms with E-state index in [-0.39, 0.29) is 123 Å². The van der Waals surface area contributed by atoms with Crippen LogP contribution in [0.5, 0.6) is 0 Å². The molecule has 12 bridgehead atoms. The molecule has 0 aromatic heterocycles. The third kappa shape index (κ3) is 6.59. The molecule has 0 aromatic carbocycles. The minimum atomic E-state index is -0.951. The van der Waals surface area contributed by atoms with Gasteiger partial charge in [0.05, 0.1) is 73.8 Å². The summed E-state index contributed by atoms with van der Waals surface area (Å²) in [5, 5.41) is 20.1. The number of rotatable bonds is 4. The van der Waals surface area contributed by atoms with Crippen LogP contribution in [0.1, 0.15) is 90.4 Å². The molecule has 10 saturated heterocycles. The van der Waals surface area contributed by atoms with Crippen LogP contribution < -0.4 is 0 Å². The van der Waals surface area contributed by atoms with E-state index < -0.39 is 24.1 Å². The molecule has 10 aliphatic rings. The fourth-order valence-corrected chi connectivity index (χ4v) is 11.3. The predicted octanol–water partition coefficient (Wildman–Crippen LogP) is 3.47. The highest BCUT2D eigenvalue weighted by molar-refractivity contribution is 5.79. The van der Waals surface area contributed by atoms with Crippen LogP contribution in [0.15, 0.2) is 24.3 Å². The van der Waals surface area contributed by atoms with E-state index in [2.05, 4.69) is 20.1 Å². The molecule has 0 aromatic rings. The summed E-state index contributed by atoms with van der Waals surface area (Å²) in [6, 6.07) is 0. The van der Waals surface area contributed by atoms with Crippen LogP contribution >= 0.6 is 0 Å². The molecule has 10 fully saturated rings. The summed E-state index contributed by atoms with van der Waals surface area (Å²) in [5.41, 5.74) is 2.17. The van der Waals surface area contributed by atoms with Crippen molar-refractivity contribution in [3.8, 4) is 0 Å². The van der Waals surface area contributed by atoms with E-state index in [0.717, 1.165) is 49.7 Å². The zero-order valence-corrected chi connectivity index (χ0v) is 30.7. The minimum absolute atomic E-state index is 0.0260. The highest BCUT2D eigenvalue weighted by Gasteiger charge is 2.68. The number of fused-ring (bicyclic) bond motifs is 6. The summed E-state index contributed by atoms with van der Waals surface area (Å²) >= 11 is 0. The minimum Gasteiger partial charge on any atom is -0.394 e. The van der Waals surface area contributed by atoms with Crippen LogP contribution in [-0.2, 0) is 47.4 Å². The smallest absolute Gasteiger partial charge is 0.172 e. The van der Waals surface area contributed by atoms with Gasteiger partial charge in [0, 0.05) is 51.6 Å². The van der Waals surface area contributed by atoms with Gasteiger partial charge in [0.1, 0.15) is 36.3 Å². The first-order chi connectivity index (χ1) is 25.1. The number of hydrogen-bond acceptors (Lipinski definition) is 12. The van der Waals surface area contributed by atoms with Gasteiger partial charge in [-0.05, 0) is 62.0 Å². The Labute approximate surface area is 306 Å². The molecule has 10 aliphatic heterocycles. The van der Waals surface area contributed by atoms with Crippen LogP contribution in [0.4, 0.5) is 0 Å². The Kier molecular flexibility index (Phi) is 10.0.